The van der Waals surface area contributed by atoms with E-state index in [0.717, 1.165) is 12.8 Å². The molecule has 4 aromatic carbocycles. The molecule has 0 atom stereocenters. The number of aryl methyl sites for hydroxylation is 2. The van der Waals surface area contributed by atoms with E-state index in [1.807, 2.05) is 0 Å². The van der Waals surface area contributed by atoms with Crippen molar-refractivity contribution in [3.8, 4) is 11.1 Å². The van der Waals surface area contributed by atoms with E-state index in [2.05, 4.69) is 124 Å². The first-order valence-electron chi connectivity index (χ1n) is 12.8. The van der Waals surface area contributed by atoms with Crippen LogP contribution in [0, 0.1) is 0 Å². The third-order valence-corrected chi connectivity index (χ3v) is 7.29. The van der Waals surface area contributed by atoms with E-state index in [9.17, 15) is 0 Å². The molecule has 172 valence electrons. The smallest absolute Gasteiger partial charge is 0.0465 e. The van der Waals surface area contributed by atoms with Crippen LogP contribution in [0.5, 0.6) is 0 Å². The van der Waals surface area contributed by atoms with Crippen molar-refractivity contribution in [1.29, 1.82) is 0 Å². The normalized spacial score (nSPS) is 13.4. The van der Waals surface area contributed by atoms with Gasteiger partial charge in [0.15, 0.2) is 0 Å². The largest absolute Gasteiger partial charge is 0.310 e. The van der Waals surface area contributed by atoms with Crippen molar-refractivity contribution < 1.29 is 0 Å². The molecule has 0 saturated carbocycles. The second kappa shape index (κ2) is 9.14. The molecule has 4 aromatic rings. The molecule has 0 heterocycles. The number of hydrogen-bond acceptors (Lipinski definition) is 1. The topological polar surface area (TPSA) is 3.24 Å². The molecule has 34 heavy (non-hydrogen) atoms. The molecular formula is C33H35N. The summed E-state index contributed by atoms with van der Waals surface area (Å²) in [5.41, 5.74) is 12.0. The Kier molecular flexibility index (Phi) is 6.04. The van der Waals surface area contributed by atoms with E-state index in [0.29, 0.717) is 0 Å². The van der Waals surface area contributed by atoms with Crippen LogP contribution in [-0.2, 0) is 18.3 Å². The minimum Gasteiger partial charge on any atom is -0.310 e. The molecule has 1 aliphatic rings. The highest BCUT2D eigenvalue weighted by molar-refractivity contribution is 5.85. The van der Waals surface area contributed by atoms with Crippen LogP contribution >= 0.6 is 0 Å². The lowest BCUT2D eigenvalue weighted by Crippen LogP contribution is -2.16. The molecule has 0 aliphatic heterocycles. The van der Waals surface area contributed by atoms with Gasteiger partial charge in [0.1, 0.15) is 0 Å². The maximum atomic E-state index is 2.41. The molecule has 0 amide bonds. The van der Waals surface area contributed by atoms with E-state index < -0.39 is 0 Å². The lowest BCUT2D eigenvalue weighted by molar-refractivity contribution is 0.660. The molecule has 0 saturated heterocycles. The molecule has 0 radical (unpaired) electrons. The predicted molar refractivity (Wildman–Crippen MR) is 147 cm³/mol. The van der Waals surface area contributed by atoms with E-state index in [-0.39, 0.29) is 5.41 Å². The molecule has 0 spiro atoms. The lowest BCUT2D eigenvalue weighted by Gasteiger charge is -2.28. The van der Waals surface area contributed by atoms with E-state index in [1.54, 1.807) is 0 Å². The van der Waals surface area contributed by atoms with Gasteiger partial charge in [0.05, 0.1) is 0 Å². The maximum absolute atomic E-state index is 2.41. The molecule has 5 rings (SSSR count). The third kappa shape index (κ3) is 3.94. The van der Waals surface area contributed by atoms with Crippen LogP contribution in [0.2, 0.25) is 0 Å². The lowest BCUT2D eigenvalue weighted by atomic mass is 9.82. The minimum absolute atomic E-state index is 0.0103. The van der Waals surface area contributed by atoms with Gasteiger partial charge in [0.25, 0.3) is 0 Å². The number of nitrogens with zero attached hydrogens (tertiary/aromatic N) is 1. The number of fused-ring (bicyclic) bond motifs is 3. The molecule has 0 bridgehead atoms. The fourth-order valence-corrected chi connectivity index (χ4v) is 5.48. The number of hydrogen-bond donors (Lipinski definition) is 0. The summed E-state index contributed by atoms with van der Waals surface area (Å²) in [6.07, 6.45) is 4.58. The highest BCUT2D eigenvalue weighted by Gasteiger charge is 2.35. The molecule has 0 fully saturated rings. The van der Waals surface area contributed by atoms with E-state index >= 15 is 0 Å². The van der Waals surface area contributed by atoms with Crippen molar-refractivity contribution in [2.45, 2.75) is 58.8 Å². The highest BCUT2D eigenvalue weighted by Crippen LogP contribution is 2.50. The fourth-order valence-electron chi connectivity index (χ4n) is 5.48. The summed E-state index contributed by atoms with van der Waals surface area (Å²) in [6, 6.07) is 34.1. The van der Waals surface area contributed by atoms with Gasteiger partial charge in [0.2, 0.25) is 0 Å². The van der Waals surface area contributed by atoms with Gasteiger partial charge in [-0.25, -0.2) is 0 Å². The fraction of sp³-hybridized carbons (Fsp3) is 0.273. The van der Waals surface area contributed by atoms with Crippen molar-refractivity contribution >= 4 is 17.1 Å². The van der Waals surface area contributed by atoms with Gasteiger partial charge in [-0.05, 0) is 82.6 Å². The molecular weight excluding hydrogens is 410 g/mol. The Morgan fingerprint density at radius 2 is 1.06 bits per heavy atom. The van der Waals surface area contributed by atoms with Crippen LogP contribution in [-0.4, -0.2) is 0 Å². The molecule has 0 unspecified atom stereocenters. The molecule has 0 aromatic heterocycles. The van der Waals surface area contributed by atoms with Crippen molar-refractivity contribution in [2.24, 2.45) is 0 Å². The highest BCUT2D eigenvalue weighted by atomic mass is 15.1. The SMILES string of the molecule is CCCc1ccc(N(c2ccc(CCC)cc2)c2ccc3c(c2)C(C)(C)c2ccccc2-3)cc1. The Labute approximate surface area is 205 Å². The average molecular weight is 446 g/mol. The Balaban J connectivity index is 1.62. The van der Waals surface area contributed by atoms with Crippen molar-refractivity contribution in [2.75, 3.05) is 4.90 Å². The quantitative estimate of drug-likeness (QED) is 0.274. The van der Waals surface area contributed by atoms with Gasteiger partial charge in [0, 0.05) is 22.5 Å². The number of rotatable bonds is 7. The molecule has 1 nitrogen and oxygen atoms in total. The zero-order chi connectivity index (χ0) is 23.7. The van der Waals surface area contributed by atoms with Gasteiger partial charge >= 0.3 is 0 Å². The Hall–Kier alpha value is -3.32. The van der Waals surface area contributed by atoms with Crippen molar-refractivity contribution in [1.82, 2.24) is 0 Å². The summed E-state index contributed by atoms with van der Waals surface area (Å²) in [4.78, 5) is 2.41. The zero-order valence-corrected chi connectivity index (χ0v) is 20.9. The van der Waals surface area contributed by atoms with Crippen molar-refractivity contribution in [3.05, 3.63) is 113 Å². The first-order valence-corrected chi connectivity index (χ1v) is 12.8. The predicted octanol–water partition coefficient (Wildman–Crippen LogP) is 9.37. The molecule has 0 N–H and O–H groups in total. The summed E-state index contributed by atoms with van der Waals surface area (Å²) in [5.74, 6) is 0. The van der Waals surface area contributed by atoms with Gasteiger partial charge in [-0.3, -0.25) is 0 Å². The van der Waals surface area contributed by atoms with Gasteiger partial charge < -0.3 is 4.90 Å². The van der Waals surface area contributed by atoms with Crippen LogP contribution in [0.4, 0.5) is 17.1 Å². The first-order chi connectivity index (χ1) is 16.5. The monoisotopic (exact) mass is 445 g/mol. The maximum Gasteiger partial charge on any atom is 0.0465 e. The summed E-state index contributed by atoms with van der Waals surface area (Å²) in [5, 5.41) is 0. The second-order valence-electron chi connectivity index (χ2n) is 10.1. The minimum atomic E-state index is -0.0103. The standard InChI is InChI=1S/C33H35N/c1-5-9-24-13-17-26(18-14-24)34(27-19-15-25(10-6-2)16-20-27)28-21-22-30-29-11-7-8-12-31(29)33(3,4)32(30)23-28/h7-8,11-23H,5-6,9-10H2,1-4H3. The summed E-state index contributed by atoms with van der Waals surface area (Å²) < 4.78 is 0. The summed E-state index contributed by atoms with van der Waals surface area (Å²) in [7, 11) is 0. The van der Waals surface area contributed by atoms with E-state index in [1.165, 1.54) is 63.3 Å². The van der Waals surface area contributed by atoms with Crippen LogP contribution in [0.1, 0.15) is 62.8 Å². The Bertz CT molecular complexity index is 1230. The third-order valence-electron chi connectivity index (χ3n) is 7.29. The van der Waals surface area contributed by atoms with Crippen LogP contribution in [0.15, 0.2) is 91.0 Å². The average Bonchev–Trinajstić information content (AvgIpc) is 3.09. The molecule has 1 aliphatic carbocycles. The molecule has 1 heteroatoms. The van der Waals surface area contributed by atoms with Crippen molar-refractivity contribution in [3.63, 3.8) is 0 Å². The van der Waals surface area contributed by atoms with Gasteiger partial charge in [-0.15, -0.1) is 0 Å². The number of anilines is 3. The summed E-state index contributed by atoms with van der Waals surface area (Å²) in [6.45, 7) is 9.18. The van der Waals surface area contributed by atoms with Gasteiger partial charge in [-0.1, -0.05) is 95.1 Å². The van der Waals surface area contributed by atoms with Crippen LogP contribution in [0.3, 0.4) is 0 Å². The first kappa shape index (κ1) is 22.5. The van der Waals surface area contributed by atoms with E-state index in [4.69, 9.17) is 0 Å². The van der Waals surface area contributed by atoms with Gasteiger partial charge in [-0.2, -0.15) is 0 Å². The second-order valence-corrected chi connectivity index (χ2v) is 10.1. The van der Waals surface area contributed by atoms with Crippen LogP contribution in [0.25, 0.3) is 11.1 Å². The Morgan fingerprint density at radius 3 is 1.62 bits per heavy atom. The Morgan fingerprint density at radius 1 is 0.559 bits per heavy atom. The zero-order valence-electron chi connectivity index (χ0n) is 20.9. The van der Waals surface area contributed by atoms with Crippen LogP contribution < -0.4 is 4.90 Å². The number of benzene rings is 4. The summed E-state index contributed by atoms with van der Waals surface area (Å²) >= 11 is 0.